The summed E-state index contributed by atoms with van der Waals surface area (Å²) in [7, 11) is -3.49. The van der Waals surface area contributed by atoms with E-state index in [2.05, 4.69) is 15.2 Å². The lowest BCUT2D eigenvalue weighted by atomic mass is 10.2. The number of nitrogens with zero attached hydrogens (tertiary/aromatic N) is 3. The minimum absolute atomic E-state index is 0.135. The molecule has 2 aliphatic heterocycles. The van der Waals surface area contributed by atoms with Crippen LogP contribution in [-0.2, 0) is 14.8 Å². The summed E-state index contributed by atoms with van der Waals surface area (Å²) < 4.78 is 26.4. The van der Waals surface area contributed by atoms with Gasteiger partial charge in [-0.25, -0.2) is 8.42 Å². The molecule has 0 saturated carbocycles. The van der Waals surface area contributed by atoms with Gasteiger partial charge in [0, 0.05) is 31.0 Å². The minimum atomic E-state index is -3.49. The zero-order valence-corrected chi connectivity index (χ0v) is 16.4. The second-order valence-corrected chi connectivity index (χ2v) is 8.66. The molecule has 7 nitrogen and oxygen atoms in total. The number of carbonyl (C=O) groups excluding carboxylic acids is 1. The third-order valence-corrected chi connectivity index (χ3v) is 7.29. The molecular weight excluding hydrogens is 372 g/mol. The van der Waals surface area contributed by atoms with Crippen LogP contribution < -0.4 is 5.32 Å². The van der Waals surface area contributed by atoms with E-state index in [4.69, 9.17) is 0 Å². The number of anilines is 1. The van der Waals surface area contributed by atoms with Gasteiger partial charge in [0.15, 0.2) is 5.17 Å². The third kappa shape index (κ3) is 3.79. The first-order valence-corrected chi connectivity index (χ1v) is 10.9. The average Bonchev–Trinajstić information content (AvgIpc) is 3.21. The molecule has 0 atom stereocenters. The highest BCUT2D eigenvalue weighted by Crippen LogP contribution is 2.31. The number of fused-ring (bicyclic) bond motifs is 1. The summed E-state index contributed by atoms with van der Waals surface area (Å²) >= 11 is 1.54. The van der Waals surface area contributed by atoms with Gasteiger partial charge < -0.3 is 10.2 Å². The maximum absolute atomic E-state index is 12.5. The zero-order chi connectivity index (χ0) is 18.7. The Balaban J connectivity index is 1.62. The van der Waals surface area contributed by atoms with E-state index in [9.17, 15) is 13.2 Å². The fourth-order valence-corrected chi connectivity index (χ4v) is 5.32. The number of aliphatic imine (C=N–C) groups is 1. The van der Waals surface area contributed by atoms with Crippen LogP contribution in [0.15, 0.2) is 45.3 Å². The topological polar surface area (TPSA) is 82.1 Å². The molecule has 0 fully saturated rings. The van der Waals surface area contributed by atoms with E-state index in [0.29, 0.717) is 18.8 Å². The van der Waals surface area contributed by atoms with E-state index in [0.717, 1.165) is 24.0 Å². The fraction of sp³-hybridized carbons (Fsp3) is 0.412. The Morgan fingerprint density at radius 2 is 1.96 bits per heavy atom. The van der Waals surface area contributed by atoms with Crippen molar-refractivity contribution in [3.63, 3.8) is 0 Å². The van der Waals surface area contributed by atoms with Gasteiger partial charge in [-0.1, -0.05) is 25.6 Å². The van der Waals surface area contributed by atoms with Gasteiger partial charge in [-0.2, -0.15) is 4.31 Å². The molecule has 0 unspecified atom stereocenters. The second kappa shape index (κ2) is 7.81. The SMILES string of the molecule is CCN(CC)S(=O)(=O)c1ccc(NC(=O)CC2=CSC3=NCCN23)cc1. The van der Waals surface area contributed by atoms with Crippen LogP contribution in [0.3, 0.4) is 0 Å². The van der Waals surface area contributed by atoms with Crippen molar-refractivity contribution in [3.8, 4) is 0 Å². The maximum Gasteiger partial charge on any atom is 0.243 e. The van der Waals surface area contributed by atoms with E-state index >= 15 is 0 Å². The molecule has 0 bridgehead atoms. The summed E-state index contributed by atoms with van der Waals surface area (Å²) in [6, 6.07) is 6.29. The van der Waals surface area contributed by atoms with Gasteiger partial charge in [-0.3, -0.25) is 9.79 Å². The fourth-order valence-electron chi connectivity index (χ4n) is 2.91. The van der Waals surface area contributed by atoms with E-state index in [-0.39, 0.29) is 17.2 Å². The predicted molar refractivity (Wildman–Crippen MR) is 104 cm³/mol. The molecule has 0 spiro atoms. The average molecular weight is 395 g/mol. The standard InChI is InChI=1S/C17H22N4O3S2/c1-3-20(4-2)26(23,24)15-7-5-13(6-8-15)19-16(22)11-14-12-25-17-18-9-10-21(14)17/h5-8,12H,3-4,9-11H2,1-2H3,(H,19,22). The van der Waals surface area contributed by atoms with E-state index in [1.54, 1.807) is 23.9 Å². The number of hydrogen-bond donors (Lipinski definition) is 1. The van der Waals surface area contributed by atoms with Crippen molar-refractivity contribution in [2.75, 3.05) is 31.5 Å². The quantitative estimate of drug-likeness (QED) is 0.767. The summed E-state index contributed by atoms with van der Waals surface area (Å²) in [5.74, 6) is -0.135. The second-order valence-electron chi connectivity index (χ2n) is 5.88. The summed E-state index contributed by atoms with van der Waals surface area (Å²) in [6.45, 7) is 6.05. The monoisotopic (exact) mass is 394 g/mol. The molecule has 1 N–H and O–H groups in total. The third-order valence-electron chi connectivity index (χ3n) is 4.27. The number of thioether (sulfide) groups is 1. The number of benzene rings is 1. The lowest BCUT2D eigenvalue weighted by Crippen LogP contribution is -2.30. The summed E-state index contributed by atoms with van der Waals surface area (Å²) in [6.07, 6.45) is 0.269. The number of amides is 1. The Morgan fingerprint density at radius 1 is 1.27 bits per heavy atom. The van der Waals surface area contributed by atoms with Gasteiger partial charge in [0.25, 0.3) is 0 Å². The van der Waals surface area contributed by atoms with Crippen molar-refractivity contribution in [1.29, 1.82) is 0 Å². The van der Waals surface area contributed by atoms with Gasteiger partial charge in [0.2, 0.25) is 15.9 Å². The van der Waals surface area contributed by atoms with Crippen molar-refractivity contribution < 1.29 is 13.2 Å². The molecule has 1 amide bonds. The smallest absolute Gasteiger partial charge is 0.243 e. The van der Waals surface area contributed by atoms with Crippen molar-refractivity contribution in [3.05, 3.63) is 35.4 Å². The van der Waals surface area contributed by atoms with Crippen LogP contribution in [0.1, 0.15) is 20.3 Å². The number of rotatable bonds is 7. The molecule has 26 heavy (non-hydrogen) atoms. The van der Waals surface area contributed by atoms with Gasteiger partial charge in [0.1, 0.15) is 0 Å². The number of hydrogen-bond acceptors (Lipinski definition) is 6. The number of amidine groups is 1. The van der Waals surface area contributed by atoms with Crippen LogP contribution in [0.4, 0.5) is 5.69 Å². The normalized spacial score (nSPS) is 16.5. The van der Waals surface area contributed by atoms with Crippen LogP contribution >= 0.6 is 11.8 Å². The zero-order valence-electron chi connectivity index (χ0n) is 14.8. The van der Waals surface area contributed by atoms with Gasteiger partial charge in [-0.05, 0) is 29.7 Å². The van der Waals surface area contributed by atoms with Crippen LogP contribution in [0.25, 0.3) is 0 Å². The largest absolute Gasteiger partial charge is 0.326 e. The van der Waals surface area contributed by atoms with Crippen molar-refractivity contribution in [2.45, 2.75) is 25.2 Å². The number of nitrogens with one attached hydrogen (secondary N) is 1. The van der Waals surface area contributed by atoms with Gasteiger partial charge in [0.05, 0.1) is 17.9 Å². The van der Waals surface area contributed by atoms with Crippen LogP contribution in [-0.4, -0.2) is 54.9 Å². The van der Waals surface area contributed by atoms with Crippen LogP contribution in [0, 0.1) is 0 Å². The number of sulfonamides is 1. The Hall–Kier alpha value is -1.84. The molecule has 1 aromatic rings. The highest BCUT2D eigenvalue weighted by atomic mass is 32.2. The van der Waals surface area contributed by atoms with Gasteiger partial charge >= 0.3 is 0 Å². The molecule has 0 radical (unpaired) electrons. The van der Waals surface area contributed by atoms with Crippen LogP contribution in [0.5, 0.6) is 0 Å². The summed E-state index contributed by atoms with van der Waals surface area (Å²) in [5, 5.41) is 5.73. The predicted octanol–water partition coefficient (Wildman–Crippen LogP) is 2.31. The van der Waals surface area contributed by atoms with Gasteiger partial charge in [-0.15, -0.1) is 0 Å². The Bertz CT molecular complexity index is 843. The molecule has 0 aromatic heterocycles. The molecule has 2 heterocycles. The summed E-state index contributed by atoms with van der Waals surface area (Å²) in [5.41, 5.74) is 1.53. The van der Waals surface area contributed by atoms with E-state index in [1.165, 1.54) is 16.4 Å². The Morgan fingerprint density at radius 3 is 2.62 bits per heavy atom. The van der Waals surface area contributed by atoms with Crippen molar-refractivity contribution in [2.24, 2.45) is 4.99 Å². The number of carbonyl (C=O) groups is 1. The molecule has 3 rings (SSSR count). The first-order valence-electron chi connectivity index (χ1n) is 8.53. The molecule has 0 aliphatic carbocycles. The first kappa shape index (κ1) is 18.9. The maximum atomic E-state index is 12.5. The Kier molecular flexibility index (Phi) is 5.69. The van der Waals surface area contributed by atoms with E-state index in [1.807, 2.05) is 19.3 Å². The van der Waals surface area contributed by atoms with Crippen molar-refractivity contribution in [1.82, 2.24) is 9.21 Å². The molecule has 1 aromatic carbocycles. The summed E-state index contributed by atoms with van der Waals surface area (Å²) in [4.78, 5) is 18.9. The van der Waals surface area contributed by atoms with Crippen LogP contribution in [0.2, 0.25) is 0 Å². The highest BCUT2D eigenvalue weighted by Gasteiger charge is 2.27. The highest BCUT2D eigenvalue weighted by molar-refractivity contribution is 8.16. The molecular formula is C17H22N4O3S2. The lowest BCUT2D eigenvalue weighted by Gasteiger charge is -2.18. The van der Waals surface area contributed by atoms with E-state index < -0.39 is 10.0 Å². The Labute approximate surface area is 158 Å². The molecule has 0 saturated heterocycles. The molecule has 9 heteroatoms. The first-order chi connectivity index (χ1) is 12.5. The molecule has 2 aliphatic rings. The minimum Gasteiger partial charge on any atom is -0.326 e. The van der Waals surface area contributed by atoms with Crippen molar-refractivity contribution >= 4 is 38.5 Å². The molecule has 140 valence electrons. The lowest BCUT2D eigenvalue weighted by molar-refractivity contribution is -0.115.